The van der Waals surface area contributed by atoms with E-state index in [0.29, 0.717) is 23.1 Å². The first-order valence-corrected chi connectivity index (χ1v) is 8.78. The molecule has 0 spiro atoms. The molecule has 6 heteroatoms. The Hall–Kier alpha value is -2.47. The highest BCUT2D eigenvalue weighted by atomic mass is 16.5. The lowest BCUT2D eigenvalue weighted by Gasteiger charge is -2.26. The molecule has 1 aromatic rings. The Morgan fingerprint density at radius 2 is 1.62 bits per heavy atom. The molecule has 0 saturated heterocycles. The van der Waals surface area contributed by atoms with Crippen molar-refractivity contribution in [1.29, 1.82) is 0 Å². The van der Waals surface area contributed by atoms with Gasteiger partial charge in [-0.05, 0) is 25.8 Å². The highest BCUT2D eigenvalue weighted by Gasteiger charge is 2.47. The van der Waals surface area contributed by atoms with E-state index in [1.165, 1.54) is 0 Å². The summed E-state index contributed by atoms with van der Waals surface area (Å²) in [6.45, 7) is 5.99. The molecule has 0 N–H and O–H groups in total. The highest BCUT2D eigenvalue weighted by Crippen LogP contribution is 2.41. The lowest BCUT2D eigenvalue weighted by atomic mass is 9.85. The molecule has 26 heavy (non-hydrogen) atoms. The molecule has 140 valence electrons. The molecule has 1 aliphatic rings. The fourth-order valence-corrected chi connectivity index (χ4v) is 3.11. The largest absolute Gasteiger partial charge is 0.463 e. The highest BCUT2D eigenvalue weighted by molar-refractivity contribution is 6.57. The SMILES string of the molecule is CCOC(=O)C1=NC(CC)(COC)C(C(=O)OCC)=C1c1ccccc1. The zero-order valence-corrected chi connectivity index (χ0v) is 15.7. The van der Waals surface area contributed by atoms with E-state index in [1.54, 1.807) is 21.0 Å². The van der Waals surface area contributed by atoms with Crippen LogP contribution in [-0.2, 0) is 23.8 Å². The Balaban J connectivity index is 2.75. The van der Waals surface area contributed by atoms with Crippen LogP contribution in [0.25, 0.3) is 5.57 Å². The first kappa shape index (κ1) is 19.8. The number of aliphatic imine (C=N–C) groups is 1. The molecule has 0 fully saturated rings. The van der Waals surface area contributed by atoms with Gasteiger partial charge in [-0.15, -0.1) is 0 Å². The summed E-state index contributed by atoms with van der Waals surface area (Å²) in [5.41, 5.74) is 0.682. The normalized spacial score (nSPS) is 19.3. The van der Waals surface area contributed by atoms with Crippen LogP contribution in [0, 0.1) is 0 Å². The summed E-state index contributed by atoms with van der Waals surface area (Å²) in [7, 11) is 1.54. The van der Waals surface area contributed by atoms with Crippen LogP contribution >= 0.6 is 0 Å². The first-order valence-electron chi connectivity index (χ1n) is 8.78. The maximum atomic E-state index is 12.8. The van der Waals surface area contributed by atoms with Crippen molar-refractivity contribution >= 4 is 23.2 Å². The Kier molecular flexibility index (Phi) is 6.69. The molecule has 0 amide bonds. The molecule has 6 nitrogen and oxygen atoms in total. The van der Waals surface area contributed by atoms with Crippen molar-refractivity contribution in [3.05, 3.63) is 41.5 Å². The topological polar surface area (TPSA) is 74.2 Å². The second-order valence-electron chi connectivity index (χ2n) is 5.84. The van der Waals surface area contributed by atoms with Gasteiger partial charge in [0, 0.05) is 12.7 Å². The van der Waals surface area contributed by atoms with Crippen molar-refractivity contribution in [2.75, 3.05) is 26.9 Å². The number of carbonyl (C=O) groups is 2. The molecule has 0 aliphatic carbocycles. The minimum Gasteiger partial charge on any atom is -0.463 e. The summed E-state index contributed by atoms with van der Waals surface area (Å²) >= 11 is 0. The van der Waals surface area contributed by atoms with Gasteiger partial charge in [0.05, 0.1) is 25.4 Å². The zero-order valence-electron chi connectivity index (χ0n) is 15.7. The van der Waals surface area contributed by atoms with Crippen LogP contribution in [0.5, 0.6) is 0 Å². The van der Waals surface area contributed by atoms with Crippen molar-refractivity contribution in [3.8, 4) is 0 Å². The Morgan fingerprint density at radius 1 is 1.00 bits per heavy atom. The van der Waals surface area contributed by atoms with E-state index in [-0.39, 0.29) is 25.5 Å². The molecule has 1 unspecified atom stereocenters. The Labute approximate surface area is 153 Å². The minimum atomic E-state index is -0.978. The van der Waals surface area contributed by atoms with Crippen molar-refractivity contribution in [3.63, 3.8) is 0 Å². The molecule has 2 rings (SSSR count). The summed E-state index contributed by atoms with van der Waals surface area (Å²) in [5.74, 6) is -1.05. The Morgan fingerprint density at radius 3 is 2.15 bits per heavy atom. The summed E-state index contributed by atoms with van der Waals surface area (Å²) in [6, 6.07) is 9.22. The molecule has 1 atom stereocenters. The Bertz CT molecular complexity index is 723. The van der Waals surface area contributed by atoms with Crippen molar-refractivity contribution in [1.82, 2.24) is 0 Å². The summed E-state index contributed by atoms with van der Waals surface area (Å²) in [6.07, 6.45) is 0.480. The van der Waals surface area contributed by atoms with E-state index < -0.39 is 17.5 Å². The number of esters is 2. The molecule has 0 bridgehead atoms. The monoisotopic (exact) mass is 359 g/mol. The number of benzene rings is 1. The smallest absolute Gasteiger partial charge is 0.357 e. The second-order valence-corrected chi connectivity index (χ2v) is 5.84. The average Bonchev–Trinajstić information content (AvgIpc) is 2.99. The van der Waals surface area contributed by atoms with E-state index >= 15 is 0 Å². The van der Waals surface area contributed by atoms with Crippen LogP contribution in [-0.4, -0.2) is 50.1 Å². The van der Waals surface area contributed by atoms with Crippen molar-refractivity contribution < 1.29 is 23.8 Å². The van der Waals surface area contributed by atoms with E-state index in [9.17, 15) is 9.59 Å². The number of ether oxygens (including phenoxy) is 3. The molecule has 0 radical (unpaired) electrons. The summed E-state index contributed by atoms with van der Waals surface area (Å²) in [5, 5.41) is 0. The first-order chi connectivity index (χ1) is 12.5. The zero-order chi connectivity index (χ0) is 19.2. The number of nitrogens with zero attached hydrogens (tertiary/aromatic N) is 1. The third-order valence-corrected chi connectivity index (χ3v) is 4.26. The van der Waals surface area contributed by atoms with Gasteiger partial charge in [-0.25, -0.2) is 9.59 Å². The van der Waals surface area contributed by atoms with Gasteiger partial charge in [-0.3, -0.25) is 4.99 Å². The molecule has 1 aromatic carbocycles. The van der Waals surface area contributed by atoms with Gasteiger partial charge >= 0.3 is 11.9 Å². The molecule has 0 aromatic heterocycles. The molecule has 1 heterocycles. The number of hydrogen-bond donors (Lipinski definition) is 0. The van der Waals surface area contributed by atoms with Gasteiger partial charge in [0.2, 0.25) is 0 Å². The predicted octanol–water partition coefficient (Wildman–Crippen LogP) is 2.82. The van der Waals surface area contributed by atoms with E-state index in [0.717, 1.165) is 0 Å². The molecular weight excluding hydrogens is 334 g/mol. The lowest BCUT2D eigenvalue weighted by molar-refractivity contribution is -0.139. The van der Waals surface area contributed by atoms with Crippen molar-refractivity contribution in [2.45, 2.75) is 32.7 Å². The van der Waals surface area contributed by atoms with E-state index in [4.69, 9.17) is 14.2 Å². The summed E-state index contributed by atoms with van der Waals surface area (Å²) in [4.78, 5) is 30.1. The number of rotatable bonds is 8. The van der Waals surface area contributed by atoms with Gasteiger partial charge in [0.1, 0.15) is 5.54 Å². The molecule has 1 aliphatic heterocycles. The van der Waals surface area contributed by atoms with E-state index in [2.05, 4.69) is 4.99 Å². The number of carbonyl (C=O) groups excluding carboxylic acids is 2. The van der Waals surface area contributed by atoms with E-state index in [1.807, 2.05) is 37.3 Å². The third kappa shape index (κ3) is 3.70. The van der Waals surface area contributed by atoms with Gasteiger partial charge in [0.25, 0.3) is 0 Å². The molecular formula is C20H25NO5. The summed E-state index contributed by atoms with van der Waals surface area (Å²) < 4.78 is 15.8. The van der Waals surface area contributed by atoms with Gasteiger partial charge in [-0.1, -0.05) is 37.3 Å². The standard InChI is InChI=1S/C20H25NO5/c1-5-20(13-24-4)16(18(22)25-6-2)15(14-11-9-8-10-12-14)17(21-20)19(23)26-7-3/h8-12H,5-7,13H2,1-4H3. The third-order valence-electron chi connectivity index (χ3n) is 4.26. The van der Waals surface area contributed by atoms with Crippen LogP contribution in [0.15, 0.2) is 40.9 Å². The molecule has 0 saturated carbocycles. The van der Waals surface area contributed by atoms with Gasteiger partial charge < -0.3 is 14.2 Å². The van der Waals surface area contributed by atoms with Gasteiger partial charge in [-0.2, -0.15) is 0 Å². The quantitative estimate of drug-likeness (QED) is 0.667. The van der Waals surface area contributed by atoms with Crippen LogP contribution < -0.4 is 0 Å². The fraction of sp³-hybridized carbons (Fsp3) is 0.450. The van der Waals surface area contributed by atoms with Crippen LogP contribution in [0.4, 0.5) is 0 Å². The lowest BCUT2D eigenvalue weighted by Crippen LogP contribution is -2.36. The number of methoxy groups -OCH3 is 1. The maximum absolute atomic E-state index is 12.8. The maximum Gasteiger partial charge on any atom is 0.357 e. The van der Waals surface area contributed by atoms with Gasteiger partial charge in [0.15, 0.2) is 5.71 Å². The van der Waals surface area contributed by atoms with Crippen LogP contribution in [0.2, 0.25) is 0 Å². The van der Waals surface area contributed by atoms with Crippen LogP contribution in [0.3, 0.4) is 0 Å². The predicted molar refractivity (Wildman–Crippen MR) is 99.0 cm³/mol. The van der Waals surface area contributed by atoms with Crippen LogP contribution in [0.1, 0.15) is 32.8 Å². The van der Waals surface area contributed by atoms with Crippen molar-refractivity contribution in [2.24, 2.45) is 4.99 Å². The second kappa shape index (κ2) is 8.76. The fourth-order valence-electron chi connectivity index (χ4n) is 3.11. The number of hydrogen-bond acceptors (Lipinski definition) is 6. The average molecular weight is 359 g/mol. The minimum absolute atomic E-state index is 0.139.